The molecular formula is C16H37N3O. The van der Waals surface area contributed by atoms with Gasteiger partial charge in [-0.15, -0.1) is 0 Å². The Bertz CT molecular complexity index is 218. The van der Waals surface area contributed by atoms with Crippen LogP contribution in [0.1, 0.15) is 46.0 Å². The van der Waals surface area contributed by atoms with Crippen LogP contribution >= 0.6 is 0 Å². The molecule has 0 aromatic heterocycles. The molecule has 0 bridgehead atoms. The van der Waals surface area contributed by atoms with Crippen LogP contribution in [0.25, 0.3) is 0 Å². The van der Waals surface area contributed by atoms with E-state index in [0.717, 1.165) is 51.9 Å². The second kappa shape index (κ2) is 11.5. The number of rotatable bonds is 13. The van der Waals surface area contributed by atoms with Gasteiger partial charge >= 0.3 is 0 Å². The lowest BCUT2D eigenvalue weighted by Gasteiger charge is -2.33. The summed E-state index contributed by atoms with van der Waals surface area (Å²) in [7, 11) is 6.44. The van der Waals surface area contributed by atoms with Crippen LogP contribution in [0.5, 0.6) is 0 Å². The first-order chi connectivity index (χ1) is 9.49. The molecule has 0 heterocycles. The van der Waals surface area contributed by atoms with E-state index >= 15 is 0 Å². The van der Waals surface area contributed by atoms with Crippen LogP contribution in [0, 0.1) is 0 Å². The lowest BCUT2D eigenvalue weighted by atomic mass is 9.91. The second-order valence-corrected chi connectivity index (χ2v) is 6.28. The van der Waals surface area contributed by atoms with Gasteiger partial charge in [-0.05, 0) is 79.4 Å². The zero-order valence-corrected chi connectivity index (χ0v) is 14.4. The van der Waals surface area contributed by atoms with Crippen molar-refractivity contribution < 1.29 is 5.11 Å². The Morgan fingerprint density at radius 1 is 1.00 bits per heavy atom. The average Bonchev–Trinajstić information content (AvgIpc) is 2.42. The van der Waals surface area contributed by atoms with Crippen LogP contribution in [0.4, 0.5) is 0 Å². The summed E-state index contributed by atoms with van der Waals surface area (Å²) in [5.41, 5.74) is -0.0690. The van der Waals surface area contributed by atoms with Crippen molar-refractivity contribution in [2.24, 2.45) is 0 Å². The summed E-state index contributed by atoms with van der Waals surface area (Å²) in [4.78, 5) is 4.64. The first-order valence-electron chi connectivity index (χ1n) is 8.18. The van der Waals surface area contributed by atoms with Crippen LogP contribution in [0.15, 0.2) is 0 Å². The monoisotopic (exact) mass is 287 g/mol. The van der Waals surface area contributed by atoms with Crippen molar-refractivity contribution in [3.05, 3.63) is 0 Å². The van der Waals surface area contributed by atoms with Gasteiger partial charge in [-0.2, -0.15) is 0 Å². The number of aliphatic hydroxyl groups is 1. The third-order valence-corrected chi connectivity index (χ3v) is 4.07. The molecule has 4 nitrogen and oxygen atoms in total. The topological polar surface area (TPSA) is 38.7 Å². The summed E-state index contributed by atoms with van der Waals surface area (Å²) in [5.74, 6) is 0. The molecule has 0 radical (unpaired) electrons. The number of nitrogens with one attached hydrogen (secondary N) is 1. The van der Waals surface area contributed by atoms with E-state index in [1.165, 1.54) is 6.42 Å². The maximum absolute atomic E-state index is 9.69. The van der Waals surface area contributed by atoms with E-state index in [1.54, 1.807) is 0 Å². The molecule has 0 fully saturated rings. The molecule has 0 aliphatic rings. The van der Waals surface area contributed by atoms with E-state index in [2.05, 4.69) is 50.1 Å². The molecule has 0 aliphatic heterocycles. The minimum absolute atomic E-state index is 0.0690. The molecule has 0 aromatic rings. The predicted molar refractivity (Wildman–Crippen MR) is 88.3 cm³/mol. The number of hydrogen-bond acceptors (Lipinski definition) is 4. The highest BCUT2D eigenvalue weighted by atomic mass is 16.3. The van der Waals surface area contributed by atoms with Crippen molar-refractivity contribution >= 4 is 0 Å². The summed E-state index contributed by atoms with van der Waals surface area (Å²) >= 11 is 0. The molecule has 122 valence electrons. The van der Waals surface area contributed by atoms with Crippen molar-refractivity contribution in [1.29, 1.82) is 0 Å². The zero-order valence-electron chi connectivity index (χ0n) is 14.4. The number of hydrogen-bond donors (Lipinski definition) is 2. The Kier molecular flexibility index (Phi) is 11.4. The van der Waals surface area contributed by atoms with Gasteiger partial charge in [0, 0.05) is 5.54 Å². The van der Waals surface area contributed by atoms with E-state index in [0.29, 0.717) is 0 Å². The molecule has 0 spiro atoms. The molecule has 0 saturated heterocycles. The summed E-state index contributed by atoms with van der Waals surface area (Å²) < 4.78 is 0. The second-order valence-electron chi connectivity index (χ2n) is 6.28. The maximum Gasteiger partial charge on any atom is 0.0613 e. The highest BCUT2D eigenvalue weighted by molar-refractivity contribution is 4.86. The van der Waals surface area contributed by atoms with Crippen molar-refractivity contribution in [2.75, 3.05) is 53.9 Å². The fourth-order valence-corrected chi connectivity index (χ4v) is 2.48. The summed E-state index contributed by atoms with van der Waals surface area (Å²) in [6.07, 6.45) is 5.53. The van der Waals surface area contributed by atoms with Crippen molar-refractivity contribution in [1.82, 2.24) is 15.1 Å². The molecule has 2 N–H and O–H groups in total. The summed E-state index contributed by atoms with van der Waals surface area (Å²) in [6.45, 7) is 8.99. The Morgan fingerprint density at radius 3 is 2.15 bits per heavy atom. The van der Waals surface area contributed by atoms with Crippen LogP contribution in [-0.2, 0) is 0 Å². The fourth-order valence-electron chi connectivity index (χ4n) is 2.48. The molecule has 0 rings (SSSR count). The minimum Gasteiger partial charge on any atom is -0.394 e. The molecule has 20 heavy (non-hydrogen) atoms. The fraction of sp³-hybridized carbons (Fsp3) is 1.00. The Balaban J connectivity index is 3.92. The lowest BCUT2D eigenvalue weighted by molar-refractivity contribution is 0.140. The van der Waals surface area contributed by atoms with E-state index in [4.69, 9.17) is 0 Å². The molecule has 0 aliphatic carbocycles. The first kappa shape index (κ1) is 19.8. The molecule has 0 saturated carbocycles. The Morgan fingerprint density at radius 2 is 1.65 bits per heavy atom. The van der Waals surface area contributed by atoms with Crippen molar-refractivity contribution in [2.45, 2.75) is 51.5 Å². The summed E-state index contributed by atoms with van der Waals surface area (Å²) in [5, 5.41) is 13.2. The van der Waals surface area contributed by atoms with E-state index in [1.807, 2.05) is 0 Å². The molecule has 4 heteroatoms. The van der Waals surface area contributed by atoms with Gasteiger partial charge in [0.2, 0.25) is 0 Å². The van der Waals surface area contributed by atoms with E-state index in [-0.39, 0.29) is 12.1 Å². The Labute approximate surface area is 126 Å². The highest BCUT2D eigenvalue weighted by Crippen LogP contribution is 2.17. The molecule has 0 aromatic carbocycles. The van der Waals surface area contributed by atoms with Gasteiger partial charge < -0.3 is 20.2 Å². The van der Waals surface area contributed by atoms with Crippen LogP contribution < -0.4 is 5.32 Å². The largest absolute Gasteiger partial charge is 0.394 e. The molecule has 0 amide bonds. The molecule has 1 atom stereocenters. The van der Waals surface area contributed by atoms with Gasteiger partial charge in [0.05, 0.1) is 6.61 Å². The third-order valence-electron chi connectivity index (χ3n) is 4.07. The average molecular weight is 287 g/mol. The lowest BCUT2D eigenvalue weighted by Crippen LogP contribution is -2.48. The number of nitrogens with zero attached hydrogens (tertiary/aromatic N) is 2. The van der Waals surface area contributed by atoms with Gasteiger partial charge in [0.15, 0.2) is 0 Å². The van der Waals surface area contributed by atoms with Gasteiger partial charge in [0.25, 0.3) is 0 Å². The Hall–Kier alpha value is -0.160. The van der Waals surface area contributed by atoms with E-state index in [9.17, 15) is 5.11 Å². The van der Waals surface area contributed by atoms with Gasteiger partial charge in [-0.25, -0.2) is 0 Å². The van der Waals surface area contributed by atoms with Crippen molar-refractivity contribution in [3.63, 3.8) is 0 Å². The maximum atomic E-state index is 9.69. The first-order valence-corrected chi connectivity index (χ1v) is 8.18. The zero-order chi connectivity index (χ0) is 15.4. The standard InChI is InChI=1S/C16H37N3O/c1-6-11-17-16(7-2,15-20)10-8-13-19(5)14-9-12-18(3)4/h17,20H,6-15H2,1-5H3. The van der Waals surface area contributed by atoms with Crippen LogP contribution in [-0.4, -0.2) is 74.4 Å². The van der Waals surface area contributed by atoms with Crippen molar-refractivity contribution in [3.8, 4) is 0 Å². The SMILES string of the molecule is CCCNC(CC)(CO)CCCN(C)CCCN(C)C. The van der Waals surface area contributed by atoms with Gasteiger partial charge in [0.1, 0.15) is 0 Å². The minimum atomic E-state index is -0.0690. The molecular weight excluding hydrogens is 250 g/mol. The van der Waals surface area contributed by atoms with Crippen LogP contribution in [0.3, 0.4) is 0 Å². The smallest absolute Gasteiger partial charge is 0.0613 e. The normalized spacial score (nSPS) is 15.0. The highest BCUT2D eigenvalue weighted by Gasteiger charge is 2.25. The third kappa shape index (κ3) is 8.90. The van der Waals surface area contributed by atoms with Gasteiger partial charge in [-0.3, -0.25) is 0 Å². The quantitative estimate of drug-likeness (QED) is 0.542. The van der Waals surface area contributed by atoms with Crippen LogP contribution in [0.2, 0.25) is 0 Å². The predicted octanol–water partition coefficient (Wildman–Crippen LogP) is 1.79. The van der Waals surface area contributed by atoms with Gasteiger partial charge in [-0.1, -0.05) is 13.8 Å². The molecule has 1 unspecified atom stereocenters. The summed E-state index contributed by atoms with van der Waals surface area (Å²) in [6, 6.07) is 0. The number of aliphatic hydroxyl groups excluding tert-OH is 1. The van der Waals surface area contributed by atoms with E-state index < -0.39 is 0 Å².